The van der Waals surface area contributed by atoms with E-state index < -0.39 is 0 Å². The van der Waals surface area contributed by atoms with E-state index in [-0.39, 0.29) is 18.0 Å². The number of carbonyl (C=O) groups is 2. The number of urea groups is 1. The Labute approximate surface area is 177 Å². The predicted molar refractivity (Wildman–Crippen MR) is 116 cm³/mol. The fraction of sp³-hybridized carbons (Fsp3) is 0.435. The van der Waals surface area contributed by atoms with Gasteiger partial charge in [0.1, 0.15) is 0 Å². The minimum Gasteiger partial charge on any atom is -0.338 e. The molecule has 1 aromatic carbocycles. The van der Waals surface area contributed by atoms with E-state index in [0.717, 1.165) is 56.7 Å². The zero-order valence-corrected chi connectivity index (χ0v) is 17.2. The van der Waals surface area contributed by atoms with Gasteiger partial charge in [0.05, 0.1) is 0 Å². The molecule has 4 rings (SSSR count). The highest BCUT2D eigenvalue weighted by Gasteiger charge is 2.21. The number of aromatic nitrogens is 1. The topological polar surface area (TPSA) is 77.6 Å². The van der Waals surface area contributed by atoms with Crippen LogP contribution < -0.4 is 10.6 Å². The van der Waals surface area contributed by atoms with E-state index in [2.05, 4.69) is 20.5 Å². The third-order valence-electron chi connectivity index (χ3n) is 5.83. The summed E-state index contributed by atoms with van der Waals surface area (Å²) in [6.45, 7) is 4.34. The van der Waals surface area contributed by atoms with Crippen molar-refractivity contribution in [2.45, 2.75) is 44.8 Å². The first kappa shape index (κ1) is 20.3. The van der Waals surface area contributed by atoms with Gasteiger partial charge in [-0.25, -0.2) is 4.79 Å². The summed E-state index contributed by atoms with van der Waals surface area (Å²) in [5.41, 5.74) is 3.11. The molecule has 2 aliphatic heterocycles. The SMILES string of the molecule is O=C(Nc1ccc(CN2CCCC2=O)cc1)NC1CCN(Cc2ccncc2)CC1. The minimum atomic E-state index is -0.162. The van der Waals surface area contributed by atoms with Crippen molar-refractivity contribution in [3.05, 3.63) is 59.9 Å². The van der Waals surface area contributed by atoms with E-state index in [1.807, 2.05) is 53.7 Å². The first-order valence-electron chi connectivity index (χ1n) is 10.7. The number of hydrogen-bond acceptors (Lipinski definition) is 4. The Morgan fingerprint density at radius 1 is 0.967 bits per heavy atom. The molecule has 30 heavy (non-hydrogen) atoms. The number of pyridine rings is 1. The molecule has 3 amide bonds. The smallest absolute Gasteiger partial charge is 0.319 e. The number of rotatable bonds is 6. The van der Waals surface area contributed by atoms with Gasteiger partial charge < -0.3 is 15.5 Å². The number of benzene rings is 1. The molecule has 0 atom stereocenters. The summed E-state index contributed by atoms with van der Waals surface area (Å²) in [7, 11) is 0. The van der Waals surface area contributed by atoms with Crippen molar-refractivity contribution in [2.75, 3.05) is 25.0 Å². The van der Waals surface area contributed by atoms with E-state index in [4.69, 9.17) is 0 Å². The molecule has 3 heterocycles. The van der Waals surface area contributed by atoms with E-state index in [0.29, 0.717) is 13.0 Å². The van der Waals surface area contributed by atoms with Crippen molar-refractivity contribution < 1.29 is 9.59 Å². The predicted octanol–water partition coefficient (Wildman–Crippen LogP) is 2.99. The highest BCUT2D eigenvalue weighted by Crippen LogP contribution is 2.17. The van der Waals surface area contributed by atoms with Gasteiger partial charge in [0, 0.05) is 63.3 Å². The highest BCUT2D eigenvalue weighted by atomic mass is 16.2. The molecule has 7 heteroatoms. The van der Waals surface area contributed by atoms with Gasteiger partial charge in [-0.1, -0.05) is 12.1 Å². The van der Waals surface area contributed by atoms with E-state index >= 15 is 0 Å². The lowest BCUT2D eigenvalue weighted by Gasteiger charge is -2.32. The van der Waals surface area contributed by atoms with E-state index in [9.17, 15) is 9.59 Å². The Morgan fingerprint density at radius 2 is 1.67 bits per heavy atom. The quantitative estimate of drug-likeness (QED) is 0.772. The van der Waals surface area contributed by atoms with Gasteiger partial charge >= 0.3 is 6.03 Å². The number of amides is 3. The Bertz CT molecular complexity index is 848. The van der Waals surface area contributed by atoms with Crippen molar-refractivity contribution in [3.8, 4) is 0 Å². The summed E-state index contributed by atoms with van der Waals surface area (Å²) < 4.78 is 0. The molecular weight excluding hydrogens is 378 g/mol. The van der Waals surface area contributed by atoms with Gasteiger partial charge in [-0.3, -0.25) is 14.7 Å². The maximum absolute atomic E-state index is 12.4. The fourth-order valence-corrected chi connectivity index (χ4v) is 4.12. The second-order valence-electron chi connectivity index (χ2n) is 8.12. The van der Waals surface area contributed by atoms with Crippen molar-refractivity contribution in [1.29, 1.82) is 0 Å². The third kappa shape index (κ3) is 5.57. The monoisotopic (exact) mass is 407 g/mol. The largest absolute Gasteiger partial charge is 0.338 e. The number of likely N-dealkylation sites (tertiary alicyclic amines) is 2. The molecule has 0 spiro atoms. The summed E-state index contributed by atoms with van der Waals surface area (Å²) in [4.78, 5) is 32.5. The third-order valence-corrected chi connectivity index (χ3v) is 5.83. The van der Waals surface area contributed by atoms with Crippen LogP contribution in [0.5, 0.6) is 0 Å². The van der Waals surface area contributed by atoms with Crippen LogP contribution in [0.25, 0.3) is 0 Å². The molecule has 0 bridgehead atoms. The highest BCUT2D eigenvalue weighted by molar-refractivity contribution is 5.89. The van der Waals surface area contributed by atoms with Crippen LogP contribution in [-0.2, 0) is 17.9 Å². The summed E-state index contributed by atoms with van der Waals surface area (Å²) in [6.07, 6.45) is 7.14. The fourth-order valence-electron chi connectivity index (χ4n) is 4.12. The number of nitrogens with one attached hydrogen (secondary N) is 2. The van der Waals surface area contributed by atoms with Crippen LogP contribution in [-0.4, -0.2) is 52.4 Å². The first-order chi connectivity index (χ1) is 14.7. The van der Waals surface area contributed by atoms with Crippen LogP contribution in [0.1, 0.15) is 36.8 Å². The molecule has 0 unspecified atom stereocenters. The number of piperidine rings is 1. The second kappa shape index (κ2) is 9.71. The van der Waals surface area contributed by atoms with Crippen molar-refractivity contribution in [1.82, 2.24) is 20.1 Å². The van der Waals surface area contributed by atoms with Gasteiger partial charge in [0.2, 0.25) is 5.91 Å². The number of hydrogen-bond donors (Lipinski definition) is 2. The van der Waals surface area contributed by atoms with Crippen LogP contribution in [0.3, 0.4) is 0 Å². The van der Waals surface area contributed by atoms with Gasteiger partial charge in [0.15, 0.2) is 0 Å². The average molecular weight is 408 g/mol. The average Bonchev–Trinajstić information content (AvgIpc) is 3.16. The number of nitrogens with zero attached hydrogens (tertiary/aromatic N) is 3. The molecule has 2 aromatic rings. The Morgan fingerprint density at radius 3 is 2.33 bits per heavy atom. The molecule has 0 saturated carbocycles. The van der Waals surface area contributed by atoms with Gasteiger partial charge in [-0.05, 0) is 54.7 Å². The van der Waals surface area contributed by atoms with Crippen molar-refractivity contribution in [2.24, 2.45) is 0 Å². The second-order valence-corrected chi connectivity index (χ2v) is 8.12. The molecule has 0 radical (unpaired) electrons. The molecule has 7 nitrogen and oxygen atoms in total. The van der Waals surface area contributed by atoms with E-state index in [1.165, 1.54) is 5.56 Å². The molecule has 2 fully saturated rings. The first-order valence-corrected chi connectivity index (χ1v) is 10.7. The van der Waals surface area contributed by atoms with Crippen LogP contribution in [0, 0.1) is 0 Å². The maximum atomic E-state index is 12.4. The summed E-state index contributed by atoms with van der Waals surface area (Å²) in [5, 5.41) is 6.01. The molecule has 0 aliphatic carbocycles. The van der Waals surface area contributed by atoms with Gasteiger partial charge in [-0.15, -0.1) is 0 Å². The Hall–Kier alpha value is -2.93. The van der Waals surface area contributed by atoms with Crippen molar-refractivity contribution in [3.63, 3.8) is 0 Å². The van der Waals surface area contributed by atoms with Crippen LogP contribution in [0.15, 0.2) is 48.8 Å². The lowest BCUT2D eigenvalue weighted by molar-refractivity contribution is -0.128. The Balaban J connectivity index is 1.19. The van der Waals surface area contributed by atoms with Crippen molar-refractivity contribution >= 4 is 17.6 Å². The maximum Gasteiger partial charge on any atom is 0.319 e. The Kier molecular flexibility index (Phi) is 6.59. The minimum absolute atomic E-state index is 0.162. The standard InChI is InChI=1S/C23H29N5O2/c29-22-2-1-13-28(22)17-18-3-5-20(6-4-18)25-23(30)26-21-9-14-27(15-10-21)16-19-7-11-24-12-8-19/h3-8,11-12,21H,1-2,9-10,13-17H2,(H2,25,26,30). The molecule has 158 valence electrons. The number of carbonyl (C=O) groups excluding carboxylic acids is 2. The molecule has 2 aliphatic rings. The normalized spacial score (nSPS) is 17.9. The summed E-state index contributed by atoms with van der Waals surface area (Å²) in [5.74, 6) is 0.225. The molecular formula is C23H29N5O2. The summed E-state index contributed by atoms with van der Waals surface area (Å²) in [6, 6.07) is 11.9. The zero-order valence-electron chi connectivity index (χ0n) is 17.2. The zero-order chi connectivity index (χ0) is 20.8. The van der Waals surface area contributed by atoms with Crippen LogP contribution in [0.4, 0.5) is 10.5 Å². The lowest BCUT2D eigenvalue weighted by atomic mass is 10.0. The molecule has 2 saturated heterocycles. The van der Waals surface area contributed by atoms with Crippen LogP contribution in [0.2, 0.25) is 0 Å². The number of anilines is 1. The van der Waals surface area contributed by atoms with Crippen LogP contribution >= 0.6 is 0 Å². The van der Waals surface area contributed by atoms with E-state index in [1.54, 1.807) is 0 Å². The molecule has 2 N–H and O–H groups in total. The molecule has 1 aromatic heterocycles. The van der Waals surface area contributed by atoms with Gasteiger partial charge in [-0.2, -0.15) is 0 Å². The lowest BCUT2D eigenvalue weighted by Crippen LogP contribution is -2.45. The van der Waals surface area contributed by atoms with Gasteiger partial charge in [0.25, 0.3) is 0 Å². The summed E-state index contributed by atoms with van der Waals surface area (Å²) >= 11 is 0.